The fourth-order valence-electron chi connectivity index (χ4n) is 2.85. The van der Waals surface area contributed by atoms with Crippen LogP contribution in [-0.4, -0.2) is 0 Å². The molecule has 1 heterocycles. The van der Waals surface area contributed by atoms with E-state index in [1.54, 1.807) is 6.07 Å². The summed E-state index contributed by atoms with van der Waals surface area (Å²) in [7, 11) is 0. The molecule has 0 saturated carbocycles. The first kappa shape index (κ1) is 16.3. The van der Waals surface area contributed by atoms with Gasteiger partial charge in [-0.15, -0.1) is 0 Å². The molecule has 24 heavy (non-hydrogen) atoms. The van der Waals surface area contributed by atoms with Crippen LogP contribution in [0.2, 0.25) is 0 Å². The van der Waals surface area contributed by atoms with E-state index < -0.39 is 0 Å². The Balaban J connectivity index is 1.93. The van der Waals surface area contributed by atoms with Crippen molar-refractivity contribution in [3.63, 3.8) is 0 Å². The number of aryl methyl sites for hydroxylation is 1. The van der Waals surface area contributed by atoms with E-state index in [0.29, 0.717) is 17.6 Å². The minimum Gasteiger partial charge on any atom is -0.488 e. The normalized spacial score (nSPS) is 10.9. The number of ether oxygens (including phenoxy) is 1. The highest BCUT2D eigenvalue weighted by molar-refractivity contribution is 5.82. The van der Waals surface area contributed by atoms with E-state index in [1.807, 2.05) is 36.4 Å². The van der Waals surface area contributed by atoms with Gasteiger partial charge in [0.05, 0.1) is 11.6 Å². The zero-order valence-corrected chi connectivity index (χ0v) is 14.0. The summed E-state index contributed by atoms with van der Waals surface area (Å²) < 4.78 is 11.7. The molecule has 3 rings (SSSR count). The quantitative estimate of drug-likeness (QED) is 0.568. The number of fused-ring (bicyclic) bond motifs is 1. The number of hydrogen-bond donors (Lipinski definition) is 0. The lowest BCUT2D eigenvalue weighted by molar-refractivity contribution is 0.302. The highest BCUT2D eigenvalue weighted by Gasteiger charge is 2.13. The summed E-state index contributed by atoms with van der Waals surface area (Å²) in [5, 5.41) is 0.621. The lowest BCUT2D eigenvalue weighted by Crippen LogP contribution is -2.04. The van der Waals surface area contributed by atoms with Crippen LogP contribution in [0.15, 0.2) is 64.0 Å². The van der Waals surface area contributed by atoms with Crippen LogP contribution >= 0.6 is 0 Å². The predicted octanol–water partition coefficient (Wildman–Crippen LogP) is 5.10. The maximum Gasteiger partial charge on any atom is 0.192 e. The third-order valence-corrected chi connectivity index (χ3v) is 4.16. The number of hydrogen-bond acceptors (Lipinski definition) is 3. The van der Waals surface area contributed by atoms with Gasteiger partial charge in [0.15, 0.2) is 5.43 Å². The van der Waals surface area contributed by atoms with Crippen LogP contribution < -0.4 is 10.2 Å². The number of benzene rings is 2. The molecule has 0 radical (unpaired) electrons. The molecule has 3 nitrogen and oxygen atoms in total. The molecule has 0 atom stereocenters. The summed E-state index contributed by atoms with van der Waals surface area (Å²) in [6.45, 7) is 2.68. The molecule has 0 aliphatic heterocycles. The summed E-state index contributed by atoms with van der Waals surface area (Å²) in [5.41, 5.74) is 2.76. The highest BCUT2D eigenvalue weighted by atomic mass is 16.5. The molecule has 124 valence electrons. The number of rotatable bonds is 7. The maximum atomic E-state index is 12.1. The Morgan fingerprint density at radius 1 is 1.00 bits per heavy atom. The van der Waals surface area contributed by atoms with Crippen LogP contribution in [0.25, 0.3) is 11.0 Å². The fourth-order valence-corrected chi connectivity index (χ4v) is 2.85. The van der Waals surface area contributed by atoms with Crippen LogP contribution in [0.4, 0.5) is 0 Å². The molecule has 0 fully saturated rings. The van der Waals surface area contributed by atoms with Crippen molar-refractivity contribution in [3.8, 4) is 5.75 Å². The van der Waals surface area contributed by atoms with Crippen LogP contribution in [0, 0.1) is 0 Å². The van der Waals surface area contributed by atoms with Gasteiger partial charge in [-0.2, -0.15) is 0 Å². The summed E-state index contributed by atoms with van der Waals surface area (Å²) in [4.78, 5) is 12.1. The Morgan fingerprint density at radius 2 is 1.83 bits per heavy atom. The second-order valence-corrected chi connectivity index (χ2v) is 5.94. The average molecular weight is 322 g/mol. The minimum absolute atomic E-state index is 0.0115. The molecular formula is C21H22O3. The standard InChI is InChI=1S/C21H22O3/c1-2-3-5-10-18-20(24-15-16-8-6-4-7-9-16)12-11-17-19(22)13-14-23-21(17)18/h4,6-9,11-14H,2-3,5,10,15H2,1H3. The molecule has 1 aromatic heterocycles. The maximum absolute atomic E-state index is 12.1. The first-order valence-electron chi connectivity index (χ1n) is 8.49. The third-order valence-electron chi connectivity index (χ3n) is 4.16. The van der Waals surface area contributed by atoms with E-state index in [1.165, 1.54) is 12.3 Å². The largest absolute Gasteiger partial charge is 0.488 e. The summed E-state index contributed by atoms with van der Waals surface area (Å²) >= 11 is 0. The Labute approximate surface area is 141 Å². The zero-order valence-electron chi connectivity index (χ0n) is 14.0. The molecule has 0 aliphatic carbocycles. The summed E-state index contributed by atoms with van der Waals surface area (Å²) in [6, 6.07) is 15.2. The van der Waals surface area contributed by atoms with Gasteiger partial charge >= 0.3 is 0 Å². The molecular weight excluding hydrogens is 300 g/mol. The van der Waals surface area contributed by atoms with Crippen molar-refractivity contribution in [2.45, 2.75) is 39.2 Å². The molecule has 0 unspecified atom stereocenters. The lowest BCUT2D eigenvalue weighted by atomic mass is 10.0. The van der Waals surface area contributed by atoms with Crippen LogP contribution in [0.3, 0.4) is 0 Å². The van der Waals surface area contributed by atoms with Crippen LogP contribution in [0.5, 0.6) is 5.75 Å². The van der Waals surface area contributed by atoms with Gasteiger partial charge in [0.25, 0.3) is 0 Å². The van der Waals surface area contributed by atoms with Crippen molar-refractivity contribution < 1.29 is 9.15 Å². The summed E-state index contributed by atoms with van der Waals surface area (Å²) in [6.07, 6.45) is 5.66. The van der Waals surface area contributed by atoms with E-state index in [-0.39, 0.29) is 5.43 Å². The van der Waals surface area contributed by atoms with E-state index in [4.69, 9.17) is 9.15 Å². The van der Waals surface area contributed by atoms with Gasteiger partial charge in [0, 0.05) is 11.6 Å². The molecule has 3 aromatic rings. The van der Waals surface area contributed by atoms with E-state index >= 15 is 0 Å². The summed E-state index contributed by atoms with van der Waals surface area (Å²) in [5.74, 6) is 0.803. The van der Waals surface area contributed by atoms with E-state index in [9.17, 15) is 4.79 Å². The second kappa shape index (κ2) is 7.82. The monoisotopic (exact) mass is 322 g/mol. The molecule has 3 heteroatoms. The Hall–Kier alpha value is -2.55. The molecule has 0 saturated heterocycles. The molecule has 0 amide bonds. The molecule has 0 bridgehead atoms. The third kappa shape index (κ3) is 3.67. The first-order valence-corrected chi connectivity index (χ1v) is 8.49. The molecule has 0 spiro atoms. The smallest absolute Gasteiger partial charge is 0.192 e. The number of unbranched alkanes of at least 4 members (excludes halogenated alkanes) is 2. The topological polar surface area (TPSA) is 39.4 Å². The Kier molecular flexibility index (Phi) is 5.32. The minimum atomic E-state index is -0.0115. The van der Waals surface area contributed by atoms with E-state index in [2.05, 4.69) is 6.92 Å². The van der Waals surface area contributed by atoms with Crippen molar-refractivity contribution >= 4 is 11.0 Å². The van der Waals surface area contributed by atoms with Gasteiger partial charge in [-0.1, -0.05) is 50.1 Å². The molecule has 2 aromatic carbocycles. The van der Waals surface area contributed by atoms with Crippen molar-refractivity contribution in [1.82, 2.24) is 0 Å². The molecule has 0 N–H and O–H groups in total. The van der Waals surface area contributed by atoms with Crippen molar-refractivity contribution in [3.05, 3.63) is 76.1 Å². The van der Waals surface area contributed by atoms with Gasteiger partial charge in [0.1, 0.15) is 17.9 Å². The van der Waals surface area contributed by atoms with Crippen molar-refractivity contribution in [2.24, 2.45) is 0 Å². The van der Waals surface area contributed by atoms with E-state index in [0.717, 1.165) is 42.6 Å². The predicted molar refractivity (Wildman–Crippen MR) is 96.5 cm³/mol. The van der Waals surface area contributed by atoms with Gasteiger partial charge in [-0.05, 0) is 30.5 Å². The van der Waals surface area contributed by atoms with Crippen LogP contribution in [-0.2, 0) is 13.0 Å². The molecule has 0 aliphatic rings. The van der Waals surface area contributed by atoms with Gasteiger partial charge in [-0.25, -0.2) is 0 Å². The van der Waals surface area contributed by atoms with Crippen molar-refractivity contribution in [1.29, 1.82) is 0 Å². The average Bonchev–Trinajstić information content (AvgIpc) is 2.62. The highest BCUT2D eigenvalue weighted by Crippen LogP contribution is 2.29. The Morgan fingerprint density at radius 3 is 2.62 bits per heavy atom. The SMILES string of the molecule is CCCCCc1c(OCc2ccccc2)ccc2c(=O)ccoc12. The fraction of sp³-hybridized carbons (Fsp3) is 0.286. The zero-order chi connectivity index (χ0) is 16.8. The van der Waals surface area contributed by atoms with Gasteiger partial charge in [-0.3, -0.25) is 4.79 Å². The van der Waals surface area contributed by atoms with Crippen molar-refractivity contribution in [2.75, 3.05) is 0 Å². The van der Waals surface area contributed by atoms with Gasteiger partial charge in [0.2, 0.25) is 0 Å². The first-order chi connectivity index (χ1) is 11.8. The lowest BCUT2D eigenvalue weighted by Gasteiger charge is -2.13. The van der Waals surface area contributed by atoms with Crippen LogP contribution in [0.1, 0.15) is 37.3 Å². The van der Waals surface area contributed by atoms with Gasteiger partial charge < -0.3 is 9.15 Å². The second-order valence-electron chi connectivity index (χ2n) is 5.94. The Bertz CT molecular complexity index is 850.